The number of hydrogen-bond donors (Lipinski definition) is 2. The lowest BCUT2D eigenvalue weighted by Gasteiger charge is -2.16. The van der Waals surface area contributed by atoms with E-state index in [-0.39, 0.29) is 13.2 Å². The van der Waals surface area contributed by atoms with Crippen molar-refractivity contribution in [3.8, 4) is 5.88 Å². The summed E-state index contributed by atoms with van der Waals surface area (Å²) >= 11 is 0. The van der Waals surface area contributed by atoms with E-state index in [2.05, 4.69) is 20.6 Å². The van der Waals surface area contributed by atoms with Gasteiger partial charge in [-0.15, -0.1) is 0 Å². The van der Waals surface area contributed by atoms with Crippen LogP contribution >= 0.6 is 0 Å². The largest absolute Gasteiger partial charge is 0.475 e. The first kappa shape index (κ1) is 18.4. The standard InChI is InChI=1S/C16H23F3N4O/c1-2-20-15(23-12-6-3-4-7-12)22-10-11-24-14-13(16(17,18)19)8-5-9-21-14/h5,8-9,12H,2-4,6-7,10-11H2,1H3,(H2,20,22,23). The molecule has 1 aliphatic rings. The van der Waals surface area contributed by atoms with Gasteiger partial charge in [0.15, 0.2) is 5.96 Å². The molecule has 2 N–H and O–H groups in total. The summed E-state index contributed by atoms with van der Waals surface area (Å²) in [5.74, 6) is 0.263. The second-order valence-corrected chi connectivity index (χ2v) is 5.59. The monoisotopic (exact) mass is 344 g/mol. The van der Waals surface area contributed by atoms with Crippen molar-refractivity contribution in [2.45, 2.75) is 44.8 Å². The van der Waals surface area contributed by atoms with Crippen molar-refractivity contribution in [3.63, 3.8) is 0 Å². The minimum absolute atomic E-state index is 0.0291. The average Bonchev–Trinajstić information content (AvgIpc) is 3.04. The quantitative estimate of drug-likeness (QED) is 0.473. The van der Waals surface area contributed by atoms with Crippen LogP contribution in [0.4, 0.5) is 13.2 Å². The van der Waals surface area contributed by atoms with Gasteiger partial charge < -0.3 is 15.4 Å². The number of halogens is 3. The number of aromatic nitrogens is 1. The van der Waals surface area contributed by atoms with E-state index in [0.29, 0.717) is 12.0 Å². The summed E-state index contributed by atoms with van der Waals surface area (Å²) in [6, 6.07) is 2.61. The van der Waals surface area contributed by atoms with Crippen LogP contribution in [0, 0.1) is 0 Å². The zero-order valence-corrected chi connectivity index (χ0v) is 13.7. The van der Waals surface area contributed by atoms with Crippen molar-refractivity contribution in [2.24, 2.45) is 4.99 Å². The molecule has 0 unspecified atom stereocenters. The molecule has 1 saturated carbocycles. The summed E-state index contributed by atoms with van der Waals surface area (Å²) in [7, 11) is 0. The predicted molar refractivity (Wildman–Crippen MR) is 86.1 cm³/mol. The lowest BCUT2D eigenvalue weighted by Crippen LogP contribution is -2.42. The van der Waals surface area contributed by atoms with Crippen LogP contribution in [0.5, 0.6) is 5.88 Å². The summed E-state index contributed by atoms with van der Waals surface area (Å²) in [5, 5.41) is 6.47. The third-order valence-corrected chi connectivity index (χ3v) is 3.72. The smallest absolute Gasteiger partial charge is 0.421 e. The summed E-state index contributed by atoms with van der Waals surface area (Å²) < 4.78 is 43.7. The SMILES string of the molecule is CCNC(=NCCOc1ncccc1C(F)(F)F)NC1CCCC1. The van der Waals surface area contributed by atoms with E-state index in [1.807, 2.05) is 6.92 Å². The van der Waals surface area contributed by atoms with Gasteiger partial charge in [-0.25, -0.2) is 9.98 Å². The fraction of sp³-hybridized carbons (Fsp3) is 0.625. The summed E-state index contributed by atoms with van der Waals surface area (Å²) in [6.07, 6.45) is 1.44. The van der Waals surface area contributed by atoms with Gasteiger partial charge >= 0.3 is 6.18 Å². The highest BCUT2D eigenvalue weighted by atomic mass is 19.4. The number of ether oxygens (including phenoxy) is 1. The number of aliphatic imine (C=N–C) groups is 1. The van der Waals surface area contributed by atoms with Crippen LogP contribution in [0.15, 0.2) is 23.3 Å². The molecular formula is C16H23F3N4O. The molecular weight excluding hydrogens is 321 g/mol. The molecule has 0 aromatic carbocycles. The summed E-state index contributed by atoms with van der Waals surface area (Å²) in [4.78, 5) is 8.00. The zero-order valence-electron chi connectivity index (χ0n) is 13.7. The topological polar surface area (TPSA) is 58.5 Å². The fourth-order valence-electron chi connectivity index (χ4n) is 2.60. The average molecular weight is 344 g/mol. The van der Waals surface area contributed by atoms with Gasteiger partial charge in [-0.3, -0.25) is 0 Å². The molecule has 1 aromatic heterocycles. The Bertz CT molecular complexity index is 542. The Labute approximate surface area is 139 Å². The fourth-order valence-corrected chi connectivity index (χ4v) is 2.60. The molecule has 0 spiro atoms. The van der Waals surface area contributed by atoms with Crippen LogP contribution in [0.3, 0.4) is 0 Å². The Morgan fingerprint density at radius 2 is 2.12 bits per heavy atom. The van der Waals surface area contributed by atoms with Crippen molar-refractivity contribution < 1.29 is 17.9 Å². The van der Waals surface area contributed by atoms with E-state index in [4.69, 9.17) is 4.74 Å². The van der Waals surface area contributed by atoms with Crippen molar-refractivity contribution in [3.05, 3.63) is 23.9 Å². The van der Waals surface area contributed by atoms with E-state index >= 15 is 0 Å². The van der Waals surface area contributed by atoms with Crippen LogP contribution in [-0.4, -0.2) is 36.7 Å². The van der Waals surface area contributed by atoms with Crippen LogP contribution in [0.25, 0.3) is 0 Å². The molecule has 1 aromatic rings. The van der Waals surface area contributed by atoms with Crippen LogP contribution in [-0.2, 0) is 6.18 Å². The van der Waals surface area contributed by atoms with E-state index in [0.717, 1.165) is 25.5 Å². The van der Waals surface area contributed by atoms with Gasteiger partial charge in [0, 0.05) is 18.8 Å². The van der Waals surface area contributed by atoms with Crippen molar-refractivity contribution in [1.29, 1.82) is 0 Å². The van der Waals surface area contributed by atoms with E-state index in [1.54, 1.807) is 0 Å². The van der Waals surface area contributed by atoms with Crippen molar-refractivity contribution in [2.75, 3.05) is 19.7 Å². The van der Waals surface area contributed by atoms with Gasteiger partial charge in [-0.2, -0.15) is 13.2 Å². The second-order valence-electron chi connectivity index (χ2n) is 5.59. The van der Waals surface area contributed by atoms with Gasteiger partial charge in [0.2, 0.25) is 5.88 Å². The maximum absolute atomic E-state index is 12.8. The molecule has 5 nitrogen and oxygen atoms in total. The lowest BCUT2D eigenvalue weighted by molar-refractivity contribution is -0.139. The molecule has 1 aliphatic carbocycles. The van der Waals surface area contributed by atoms with Crippen molar-refractivity contribution in [1.82, 2.24) is 15.6 Å². The van der Waals surface area contributed by atoms with Gasteiger partial charge in [0.25, 0.3) is 0 Å². The molecule has 8 heteroatoms. The van der Waals surface area contributed by atoms with Crippen molar-refractivity contribution >= 4 is 5.96 Å². The second kappa shape index (κ2) is 8.75. The third-order valence-electron chi connectivity index (χ3n) is 3.72. The predicted octanol–water partition coefficient (Wildman–Crippen LogP) is 2.98. The number of guanidine groups is 1. The third kappa shape index (κ3) is 5.58. The minimum Gasteiger partial charge on any atom is -0.475 e. The highest BCUT2D eigenvalue weighted by molar-refractivity contribution is 5.80. The number of hydrogen-bond acceptors (Lipinski definition) is 3. The minimum atomic E-state index is -4.48. The Balaban J connectivity index is 1.88. The summed E-state index contributed by atoms with van der Waals surface area (Å²) in [5.41, 5.74) is -0.870. The Kier molecular flexibility index (Phi) is 6.69. The molecule has 24 heavy (non-hydrogen) atoms. The number of nitrogens with one attached hydrogen (secondary N) is 2. The maximum atomic E-state index is 12.8. The molecule has 0 radical (unpaired) electrons. The lowest BCUT2D eigenvalue weighted by atomic mass is 10.2. The number of nitrogens with zero attached hydrogens (tertiary/aromatic N) is 2. The van der Waals surface area contributed by atoms with Gasteiger partial charge in [-0.05, 0) is 31.9 Å². The molecule has 1 heterocycles. The van der Waals surface area contributed by atoms with E-state index < -0.39 is 17.6 Å². The molecule has 0 atom stereocenters. The molecule has 0 saturated heterocycles. The van der Waals surface area contributed by atoms with Crippen LogP contribution in [0.2, 0.25) is 0 Å². The molecule has 134 valence electrons. The number of rotatable bonds is 6. The Morgan fingerprint density at radius 3 is 2.79 bits per heavy atom. The highest BCUT2D eigenvalue weighted by Crippen LogP contribution is 2.34. The molecule has 0 bridgehead atoms. The molecule has 1 fully saturated rings. The Morgan fingerprint density at radius 1 is 1.38 bits per heavy atom. The zero-order chi connectivity index (χ0) is 17.4. The van der Waals surface area contributed by atoms with Gasteiger partial charge in [0.1, 0.15) is 12.2 Å². The first-order chi connectivity index (χ1) is 11.5. The van der Waals surface area contributed by atoms with Crippen LogP contribution in [0.1, 0.15) is 38.2 Å². The number of pyridine rings is 1. The first-order valence-electron chi connectivity index (χ1n) is 8.20. The van der Waals surface area contributed by atoms with Crippen LogP contribution < -0.4 is 15.4 Å². The van der Waals surface area contributed by atoms with E-state index in [1.165, 1.54) is 25.1 Å². The van der Waals surface area contributed by atoms with E-state index in [9.17, 15) is 13.2 Å². The van der Waals surface area contributed by atoms with Gasteiger partial charge in [-0.1, -0.05) is 12.8 Å². The molecule has 2 rings (SSSR count). The van der Waals surface area contributed by atoms with Gasteiger partial charge in [0.05, 0.1) is 6.54 Å². The normalized spacial score (nSPS) is 16.2. The maximum Gasteiger partial charge on any atom is 0.421 e. The number of alkyl halides is 3. The Hall–Kier alpha value is -1.99. The highest BCUT2D eigenvalue weighted by Gasteiger charge is 2.34. The first-order valence-corrected chi connectivity index (χ1v) is 8.20. The molecule has 0 aliphatic heterocycles. The summed E-state index contributed by atoms with van der Waals surface area (Å²) in [6.45, 7) is 2.96. The molecule has 0 amide bonds.